The van der Waals surface area contributed by atoms with Crippen molar-refractivity contribution < 1.29 is 14.0 Å². The van der Waals surface area contributed by atoms with E-state index in [1.807, 2.05) is 5.32 Å². The maximum atomic E-state index is 12.7. The van der Waals surface area contributed by atoms with Crippen LogP contribution in [0.4, 0.5) is 14.9 Å². The van der Waals surface area contributed by atoms with Gasteiger partial charge in [0, 0.05) is 6.92 Å². The van der Waals surface area contributed by atoms with Gasteiger partial charge < -0.3 is 0 Å². The Balaban J connectivity index is 2.43. The standard InChI is InChI=1S/C9H10FN3O2/c1-6(14)11-9(15)13-12-8-4-2-3-7(10)5-8/h2-5,12H,1H3,(H2,11,13,14,15). The van der Waals surface area contributed by atoms with Crippen LogP contribution < -0.4 is 16.2 Å². The molecule has 3 N–H and O–H groups in total. The van der Waals surface area contributed by atoms with Gasteiger partial charge in [-0.1, -0.05) is 6.07 Å². The van der Waals surface area contributed by atoms with Crippen LogP contribution in [0.15, 0.2) is 24.3 Å². The third-order valence-electron chi connectivity index (χ3n) is 1.43. The highest BCUT2D eigenvalue weighted by Crippen LogP contribution is 2.06. The van der Waals surface area contributed by atoms with Crippen LogP contribution in [0.3, 0.4) is 0 Å². The average molecular weight is 211 g/mol. The van der Waals surface area contributed by atoms with Gasteiger partial charge in [0.1, 0.15) is 5.82 Å². The fourth-order valence-corrected chi connectivity index (χ4v) is 0.886. The predicted octanol–water partition coefficient (Wildman–Crippen LogP) is 0.998. The minimum absolute atomic E-state index is 0.383. The quantitative estimate of drug-likeness (QED) is 0.639. The van der Waals surface area contributed by atoms with Crippen molar-refractivity contribution in [3.8, 4) is 0 Å². The van der Waals surface area contributed by atoms with Crippen LogP contribution in [-0.4, -0.2) is 11.9 Å². The molecule has 15 heavy (non-hydrogen) atoms. The van der Waals surface area contributed by atoms with Gasteiger partial charge in [-0.05, 0) is 18.2 Å². The lowest BCUT2D eigenvalue weighted by Crippen LogP contribution is -2.41. The number of nitrogens with one attached hydrogen (secondary N) is 3. The molecule has 0 unspecified atom stereocenters. The fraction of sp³-hybridized carbons (Fsp3) is 0.111. The number of halogens is 1. The third-order valence-corrected chi connectivity index (χ3v) is 1.43. The summed E-state index contributed by atoms with van der Waals surface area (Å²) in [5.74, 6) is -0.901. The first-order valence-corrected chi connectivity index (χ1v) is 4.17. The zero-order valence-electron chi connectivity index (χ0n) is 8.00. The second-order valence-electron chi connectivity index (χ2n) is 2.77. The lowest BCUT2D eigenvalue weighted by Gasteiger charge is -2.07. The van der Waals surface area contributed by atoms with E-state index >= 15 is 0 Å². The van der Waals surface area contributed by atoms with Gasteiger partial charge in [-0.15, -0.1) is 0 Å². The van der Waals surface area contributed by atoms with Gasteiger partial charge in [0.2, 0.25) is 5.91 Å². The fourth-order valence-electron chi connectivity index (χ4n) is 0.886. The van der Waals surface area contributed by atoms with E-state index in [4.69, 9.17) is 0 Å². The predicted molar refractivity (Wildman–Crippen MR) is 52.4 cm³/mol. The summed E-state index contributed by atoms with van der Waals surface area (Å²) in [6.07, 6.45) is 0. The van der Waals surface area contributed by atoms with E-state index in [0.29, 0.717) is 5.69 Å². The summed E-state index contributed by atoms with van der Waals surface area (Å²) < 4.78 is 12.7. The van der Waals surface area contributed by atoms with Crippen molar-refractivity contribution in [2.24, 2.45) is 0 Å². The van der Waals surface area contributed by atoms with Crippen molar-refractivity contribution in [1.82, 2.24) is 10.7 Å². The lowest BCUT2D eigenvalue weighted by atomic mass is 10.3. The van der Waals surface area contributed by atoms with E-state index in [1.54, 1.807) is 6.07 Å². The monoisotopic (exact) mass is 211 g/mol. The van der Waals surface area contributed by atoms with Gasteiger partial charge in [0.15, 0.2) is 0 Å². The molecule has 3 amide bonds. The number of hydrazine groups is 1. The van der Waals surface area contributed by atoms with E-state index in [9.17, 15) is 14.0 Å². The minimum Gasteiger partial charge on any atom is -0.297 e. The summed E-state index contributed by atoms with van der Waals surface area (Å²) in [4.78, 5) is 21.4. The molecule has 1 aromatic rings. The van der Waals surface area contributed by atoms with E-state index in [0.717, 1.165) is 0 Å². The molecule has 5 nitrogen and oxygen atoms in total. The van der Waals surface area contributed by atoms with Crippen LogP contribution in [0.5, 0.6) is 0 Å². The molecular weight excluding hydrogens is 201 g/mol. The Morgan fingerprint density at radius 3 is 2.67 bits per heavy atom. The van der Waals surface area contributed by atoms with Gasteiger partial charge in [0.25, 0.3) is 0 Å². The number of benzene rings is 1. The van der Waals surface area contributed by atoms with Crippen molar-refractivity contribution in [2.75, 3.05) is 5.43 Å². The molecule has 0 spiro atoms. The van der Waals surface area contributed by atoms with E-state index in [1.165, 1.54) is 25.1 Å². The Morgan fingerprint density at radius 2 is 2.07 bits per heavy atom. The normalized spacial score (nSPS) is 9.20. The zero-order chi connectivity index (χ0) is 11.3. The molecule has 0 heterocycles. The summed E-state index contributed by atoms with van der Waals surface area (Å²) in [5.41, 5.74) is 4.99. The highest BCUT2D eigenvalue weighted by molar-refractivity contribution is 5.93. The molecule has 0 aliphatic heterocycles. The summed E-state index contributed by atoms with van der Waals surface area (Å²) in [6.45, 7) is 1.21. The molecule has 0 aliphatic rings. The first kappa shape index (κ1) is 11.0. The third kappa shape index (κ3) is 4.08. The number of urea groups is 1. The number of hydrogen-bond acceptors (Lipinski definition) is 3. The molecule has 0 aliphatic carbocycles. The van der Waals surface area contributed by atoms with E-state index in [-0.39, 0.29) is 0 Å². The van der Waals surface area contributed by atoms with Gasteiger partial charge in [0.05, 0.1) is 5.69 Å². The Labute approximate surface area is 85.6 Å². The van der Waals surface area contributed by atoms with Gasteiger partial charge in [-0.3, -0.25) is 21.0 Å². The highest BCUT2D eigenvalue weighted by atomic mass is 19.1. The van der Waals surface area contributed by atoms with Crippen LogP contribution in [0, 0.1) is 5.82 Å². The Bertz CT molecular complexity index is 381. The van der Waals surface area contributed by atoms with Crippen LogP contribution in [0.1, 0.15) is 6.92 Å². The molecule has 0 saturated carbocycles. The zero-order valence-corrected chi connectivity index (χ0v) is 8.00. The van der Waals surface area contributed by atoms with Crippen molar-refractivity contribution in [1.29, 1.82) is 0 Å². The maximum Gasteiger partial charge on any atom is 0.340 e. The summed E-state index contributed by atoms with van der Waals surface area (Å²) >= 11 is 0. The molecule has 1 rings (SSSR count). The Kier molecular flexibility index (Phi) is 3.61. The number of imide groups is 1. The SMILES string of the molecule is CC(=O)NC(=O)NNc1cccc(F)c1. The van der Waals surface area contributed by atoms with E-state index < -0.39 is 17.8 Å². The molecule has 80 valence electrons. The van der Waals surface area contributed by atoms with Gasteiger partial charge in [-0.2, -0.15) is 0 Å². The maximum absolute atomic E-state index is 12.7. The second kappa shape index (κ2) is 4.94. The minimum atomic E-state index is -0.702. The summed E-state index contributed by atoms with van der Waals surface area (Å²) in [7, 11) is 0. The number of hydrogen-bond donors (Lipinski definition) is 3. The van der Waals surface area contributed by atoms with Gasteiger partial charge >= 0.3 is 6.03 Å². The number of carbonyl (C=O) groups excluding carboxylic acids is 2. The largest absolute Gasteiger partial charge is 0.340 e. The Morgan fingerprint density at radius 1 is 1.33 bits per heavy atom. The van der Waals surface area contributed by atoms with Crippen molar-refractivity contribution >= 4 is 17.6 Å². The molecule has 6 heteroatoms. The number of amides is 3. The van der Waals surface area contributed by atoms with Gasteiger partial charge in [-0.25, -0.2) is 9.18 Å². The topological polar surface area (TPSA) is 70.2 Å². The van der Waals surface area contributed by atoms with Crippen molar-refractivity contribution in [2.45, 2.75) is 6.92 Å². The molecule has 0 saturated heterocycles. The first-order chi connectivity index (χ1) is 7.08. The van der Waals surface area contributed by atoms with Crippen molar-refractivity contribution in [3.63, 3.8) is 0 Å². The highest BCUT2D eigenvalue weighted by Gasteiger charge is 2.01. The molecule has 0 fully saturated rings. The van der Waals surface area contributed by atoms with Crippen LogP contribution in [0.25, 0.3) is 0 Å². The molecule has 0 bridgehead atoms. The molecular formula is C9H10FN3O2. The van der Waals surface area contributed by atoms with Crippen molar-refractivity contribution in [3.05, 3.63) is 30.1 Å². The van der Waals surface area contributed by atoms with Crippen LogP contribution >= 0.6 is 0 Å². The molecule has 0 atom stereocenters. The summed E-state index contributed by atoms with van der Waals surface area (Å²) in [5, 5.41) is 1.98. The lowest BCUT2D eigenvalue weighted by molar-refractivity contribution is -0.117. The smallest absolute Gasteiger partial charge is 0.297 e. The average Bonchev–Trinajstić information content (AvgIpc) is 2.14. The summed E-state index contributed by atoms with van der Waals surface area (Å²) in [6, 6.07) is 4.83. The number of anilines is 1. The second-order valence-corrected chi connectivity index (χ2v) is 2.77. The van der Waals surface area contributed by atoms with Crippen LogP contribution in [0.2, 0.25) is 0 Å². The number of rotatable bonds is 2. The molecule has 0 aromatic heterocycles. The first-order valence-electron chi connectivity index (χ1n) is 4.17. The van der Waals surface area contributed by atoms with E-state index in [2.05, 4.69) is 10.9 Å². The number of carbonyl (C=O) groups is 2. The molecule has 0 radical (unpaired) electrons. The Hall–Kier alpha value is -2.11. The van der Waals surface area contributed by atoms with Crippen LogP contribution in [-0.2, 0) is 4.79 Å². The molecule has 1 aromatic carbocycles.